The predicted molar refractivity (Wildman–Crippen MR) is 71.6 cm³/mol. The van der Waals surface area contributed by atoms with Crippen molar-refractivity contribution in [3.63, 3.8) is 0 Å². The van der Waals surface area contributed by atoms with E-state index in [4.69, 9.17) is 0 Å². The van der Waals surface area contributed by atoms with Crippen LogP contribution in [0.1, 0.15) is 19.3 Å². The van der Waals surface area contributed by atoms with E-state index in [1.807, 2.05) is 11.9 Å². The molecule has 0 saturated carbocycles. The molecule has 2 unspecified atom stereocenters. The van der Waals surface area contributed by atoms with Gasteiger partial charge in [0.1, 0.15) is 0 Å². The molecule has 0 bridgehead atoms. The Balaban J connectivity index is 0.00000162. The van der Waals surface area contributed by atoms with Gasteiger partial charge in [-0.1, -0.05) is 0 Å². The molecule has 0 aliphatic carbocycles. The van der Waals surface area contributed by atoms with Gasteiger partial charge in [0.15, 0.2) is 0 Å². The molecule has 0 spiro atoms. The van der Waals surface area contributed by atoms with Crippen LogP contribution in [0, 0.1) is 11.8 Å². The van der Waals surface area contributed by atoms with Crippen LogP contribution in [0.3, 0.4) is 0 Å². The molecule has 2 heterocycles. The first-order valence-electron chi connectivity index (χ1n) is 6.40. The topological polar surface area (TPSA) is 61.4 Å². The fraction of sp³-hybridized carbons (Fsp3) is 0.833. The number of hydrogen-bond acceptors (Lipinski definition) is 3. The summed E-state index contributed by atoms with van der Waals surface area (Å²) in [5.74, 6) is 0.592. The lowest BCUT2D eigenvalue weighted by atomic mass is 9.96. The molecule has 18 heavy (non-hydrogen) atoms. The number of hydrogen-bond donors (Lipinski definition) is 2. The lowest BCUT2D eigenvalue weighted by Gasteiger charge is -2.34. The Kier molecular flexibility index (Phi) is 5.88. The van der Waals surface area contributed by atoms with Gasteiger partial charge in [-0.3, -0.25) is 9.59 Å². The van der Waals surface area contributed by atoms with Crippen molar-refractivity contribution in [2.24, 2.45) is 11.8 Å². The summed E-state index contributed by atoms with van der Waals surface area (Å²) in [6.45, 7) is 3.17. The Hall–Kier alpha value is -0.810. The molecule has 0 aromatic rings. The molecule has 2 aliphatic rings. The van der Waals surface area contributed by atoms with Crippen molar-refractivity contribution < 1.29 is 9.59 Å². The largest absolute Gasteiger partial charge is 0.355 e. The maximum atomic E-state index is 12.2. The van der Waals surface area contributed by atoms with Gasteiger partial charge >= 0.3 is 0 Å². The summed E-state index contributed by atoms with van der Waals surface area (Å²) in [5, 5.41) is 5.90. The summed E-state index contributed by atoms with van der Waals surface area (Å²) in [6.07, 6.45) is 2.63. The van der Waals surface area contributed by atoms with Gasteiger partial charge in [-0.15, -0.1) is 12.4 Å². The van der Waals surface area contributed by atoms with E-state index >= 15 is 0 Å². The zero-order chi connectivity index (χ0) is 12.3. The number of amides is 2. The third kappa shape index (κ3) is 3.59. The lowest BCUT2D eigenvalue weighted by molar-refractivity contribution is -0.137. The minimum atomic E-state index is -0.129. The van der Waals surface area contributed by atoms with Crippen molar-refractivity contribution in [2.75, 3.05) is 33.2 Å². The van der Waals surface area contributed by atoms with Gasteiger partial charge in [0.25, 0.3) is 0 Å². The average molecular weight is 276 g/mol. The van der Waals surface area contributed by atoms with Crippen molar-refractivity contribution in [3.8, 4) is 0 Å². The highest BCUT2D eigenvalue weighted by atomic mass is 35.5. The third-order valence-electron chi connectivity index (χ3n) is 3.65. The van der Waals surface area contributed by atoms with Crippen LogP contribution >= 0.6 is 12.4 Å². The summed E-state index contributed by atoms with van der Waals surface area (Å²) in [7, 11) is 1.94. The van der Waals surface area contributed by atoms with Crippen LogP contribution in [0.25, 0.3) is 0 Å². The van der Waals surface area contributed by atoms with Gasteiger partial charge in [-0.25, -0.2) is 0 Å². The maximum absolute atomic E-state index is 12.2. The van der Waals surface area contributed by atoms with E-state index in [0.29, 0.717) is 18.9 Å². The fourth-order valence-electron chi connectivity index (χ4n) is 2.76. The highest BCUT2D eigenvalue weighted by Gasteiger charge is 2.33. The van der Waals surface area contributed by atoms with Crippen molar-refractivity contribution in [1.82, 2.24) is 15.5 Å². The molecule has 0 aromatic carbocycles. The molecule has 2 N–H and O–H groups in total. The molecule has 2 rings (SSSR count). The zero-order valence-electron chi connectivity index (χ0n) is 10.8. The van der Waals surface area contributed by atoms with Crippen molar-refractivity contribution in [1.29, 1.82) is 0 Å². The molecule has 2 saturated heterocycles. The van der Waals surface area contributed by atoms with Crippen LogP contribution in [-0.2, 0) is 9.59 Å². The average Bonchev–Trinajstić information content (AvgIpc) is 2.76. The van der Waals surface area contributed by atoms with E-state index in [1.165, 1.54) is 6.42 Å². The summed E-state index contributed by atoms with van der Waals surface area (Å²) < 4.78 is 0. The van der Waals surface area contributed by atoms with Gasteiger partial charge < -0.3 is 15.5 Å². The summed E-state index contributed by atoms with van der Waals surface area (Å²) in [6, 6.07) is 0. The minimum absolute atomic E-state index is 0. The first kappa shape index (κ1) is 15.2. The van der Waals surface area contributed by atoms with Crippen LogP contribution in [0.15, 0.2) is 0 Å². The van der Waals surface area contributed by atoms with Crippen LogP contribution in [0.4, 0.5) is 0 Å². The highest BCUT2D eigenvalue weighted by molar-refractivity contribution is 5.89. The van der Waals surface area contributed by atoms with Crippen LogP contribution in [0.2, 0.25) is 0 Å². The molecule has 2 aliphatic heterocycles. The van der Waals surface area contributed by atoms with E-state index in [2.05, 4.69) is 10.6 Å². The van der Waals surface area contributed by atoms with Gasteiger partial charge in [-0.2, -0.15) is 0 Å². The second kappa shape index (κ2) is 6.95. The molecular formula is C12H22ClN3O2. The van der Waals surface area contributed by atoms with Crippen molar-refractivity contribution in [2.45, 2.75) is 19.3 Å². The standard InChI is InChI=1S/C12H21N3O2.ClH/c1-13-6-9-3-2-4-15(8-9)12(17)10-5-11(16)14-7-10;/h9-10,13H,2-8H2,1H3,(H,14,16);1H. The van der Waals surface area contributed by atoms with E-state index in [0.717, 1.165) is 26.1 Å². The SMILES string of the molecule is CNCC1CCCN(C(=O)C2CNC(=O)C2)C1.Cl. The summed E-state index contributed by atoms with van der Waals surface area (Å²) >= 11 is 0. The Morgan fingerprint density at radius 1 is 1.56 bits per heavy atom. The Morgan fingerprint density at radius 3 is 2.94 bits per heavy atom. The normalized spacial score (nSPS) is 27.6. The number of piperidine rings is 1. The minimum Gasteiger partial charge on any atom is -0.355 e. The molecule has 5 nitrogen and oxygen atoms in total. The number of carbonyl (C=O) groups excluding carboxylic acids is 2. The number of nitrogens with one attached hydrogen (secondary N) is 2. The molecule has 0 radical (unpaired) electrons. The number of carbonyl (C=O) groups is 2. The van der Waals surface area contributed by atoms with Gasteiger partial charge in [0.2, 0.25) is 11.8 Å². The molecule has 0 aromatic heterocycles. The molecule has 104 valence electrons. The highest BCUT2D eigenvalue weighted by Crippen LogP contribution is 2.20. The van der Waals surface area contributed by atoms with E-state index < -0.39 is 0 Å². The quantitative estimate of drug-likeness (QED) is 0.762. The third-order valence-corrected chi connectivity index (χ3v) is 3.65. The number of nitrogens with zero attached hydrogens (tertiary/aromatic N) is 1. The lowest BCUT2D eigenvalue weighted by Crippen LogP contribution is -2.45. The van der Waals surface area contributed by atoms with Crippen LogP contribution in [0.5, 0.6) is 0 Å². The molecule has 6 heteroatoms. The van der Waals surface area contributed by atoms with Crippen LogP contribution in [-0.4, -0.2) is 49.9 Å². The van der Waals surface area contributed by atoms with E-state index in [1.54, 1.807) is 0 Å². The van der Waals surface area contributed by atoms with E-state index in [9.17, 15) is 9.59 Å². The second-order valence-corrected chi connectivity index (χ2v) is 5.06. The Morgan fingerprint density at radius 2 is 2.33 bits per heavy atom. The molecular weight excluding hydrogens is 254 g/mol. The maximum Gasteiger partial charge on any atom is 0.227 e. The first-order valence-corrected chi connectivity index (χ1v) is 6.40. The Labute approximate surface area is 114 Å². The molecule has 2 atom stereocenters. The summed E-state index contributed by atoms with van der Waals surface area (Å²) in [5.41, 5.74) is 0. The second-order valence-electron chi connectivity index (χ2n) is 5.06. The fourth-order valence-corrected chi connectivity index (χ4v) is 2.76. The smallest absolute Gasteiger partial charge is 0.227 e. The molecule has 2 amide bonds. The summed E-state index contributed by atoms with van der Waals surface area (Å²) in [4.78, 5) is 25.3. The van der Waals surface area contributed by atoms with Gasteiger partial charge in [0.05, 0.1) is 5.92 Å². The monoisotopic (exact) mass is 275 g/mol. The predicted octanol–water partition coefficient (Wildman–Crippen LogP) is 0.00230. The first-order chi connectivity index (χ1) is 8.20. The van der Waals surface area contributed by atoms with Crippen LogP contribution < -0.4 is 10.6 Å². The van der Waals surface area contributed by atoms with Gasteiger partial charge in [0, 0.05) is 26.1 Å². The Bertz CT molecular complexity index is 310. The number of rotatable bonds is 3. The van der Waals surface area contributed by atoms with E-state index in [-0.39, 0.29) is 30.1 Å². The van der Waals surface area contributed by atoms with Crippen molar-refractivity contribution >= 4 is 24.2 Å². The number of halogens is 1. The van der Waals surface area contributed by atoms with Crippen molar-refractivity contribution in [3.05, 3.63) is 0 Å². The zero-order valence-corrected chi connectivity index (χ0v) is 11.6. The number of likely N-dealkylation sites (tertiary alicyclic amines) is 1. The van der Waals surface area contributed by atoms with Gasteiger partial charge in [-0.05, 0) is 32.4 Å². The molecule has 2 fully saturated rings.